The molecule has 0 bridgehead atoms. The van der Waals surface area contributed by atoms with Crippen LogP contribution >= 0.6 is 0 Å². The second-order valence-corrected chi connectivity index (χ2v) is 3.96. The van der Waals surface area contributed by atoms with Crippen LogP contribution in [0.1, 0.15) is 16.7 Å². The molecule has 0 saturated heterocycles. The standard InChI is InChI=1S/C15H13N/c1-11-7-8-13(9-12(11)2)15-6-4-3-5-14(15)10-16/h3-9H,1-2H3. The lowest BCUT2D eigenvalue weighted by Gasteiger charge is -2.06. The van der Waals surface area contributed by atoms with Gasteiger partial charge in [0.1, 0.15) is 0 Å². The minimum Gasteiger partial charge on any atom is -0.192 e. The predicted molar refractivity (Wildman–Crippen MR) is 66.1 cm³/mol. The first-order valence-corrected chi connectivity index (χ1v) is 5.29. The maximum Gasteiger partial charge on any atom is 0.0998 e. The highest BCUT2D eigenvalue weighted by Crippen LogP contribution is 2.25. The molecule has 0 aliphatic heterocycles. The van der Waals surface area contributed by atoms with Crippen molar-refractivity contribution in [1.82, 2.24) is 0 Å². The summed E-state index contributed by atoms with van der Waals surface area (Å²) in [5.74, 6) is 0. The highest BCUT2D eigenvalue weighted by atomic mass is 14.2. The fourth-order valence-electron chi connectivity index (χ4n) is 1.74. The fraction of sp³-hybridized carbons (Fsp3) is 0.133. The summed E-state index contributed by atoms with van der Waals surface area (Å²) in [6.45, 7) is 4.18. The Morgan fingerprint density at radius 1 is 0.938 bits per heavy atom. The topological polar surface area (TPSA) is 23.8 Å². The van der Waals surface area contributed by atoms with Crippen molar-refractivity contribution in [2.45, 2.75) is 13.8 Å². The lowest BCUT2D eigenvalue weighted by molar-refractivity contribution is 1.34. The van der Waals surface area contributed by atoms with Gasteiger partial charge in [-0.1, -0.05) is 36.4 Å². The van der Waals surface area contributed by atoms with Crippen molar-refractivity contribution in [3.8, 4) is 17.2 Å². The maximum absolute atomic E-state index is 9.05. The van der Waals surface area contributed by atoms with E-state index in [-0.39, 0.29) is 0 Å². The number of rotatable bonds is 1. The summed E-state index contributed by atoms with van der Waals surface area (Å²) in [4.78, 5) is 0. The molecule has 0 saturated carbocycles. The Bertz CT molecular complexity index is 562. The van der Waals surface area contributed by atoms with Crippen LogP contribution in [0.4, 0.5) is 0 Å². The molecule has 0 spiro atoms. The Morgan fingerprint density at radius 2 is 1.69 bits per heavy atom. The molecule has 2 aromatic rings. The van der Waals surface area contributed by atoms with Crippen molar-refractivity contribution >= 4 is 0 Å². The van der Waals surface area contributed by atoms with Gasteiger partial charge in [0.15, 0.2) is 0 Å². The molecular weight excluding hydrogens is 194 g/mol. The third-order valence-electron chi connectivity index (χ3n) is 2.87. The van der Waals surface area contributed by atoms with Gasteiger partial charge in [-0.3, -0.25) is 0 Å². The molecule has 0 fully saturated rings. The molecule has 0 atom stereocenters. The van der Waals surface area contributed by atoms with Gasteiger partial charge >= 0.3 is 0 Å². The number of nitriles is 1. The van der Waals surface area contributed by atoms with E-state index in [0.717, 1.165) is 16.7 Å². The van der Waals surface area contributed by atoms with Crippen molar-refractivity contribution in [1.29, 1.82) is 5.26 Å². The first-order valence-electron chi connectivity index (χ1n) is 5.29. The second kappa shape index (κ2) is 4.20. The number of hydrogen-bond acceptors (Lipinski definition) is 1. The van der Waals surface area contributed by atoms with Crippen molar-refractivity contribution in [3.05, 3.63) is 59.2 Å². The van der Waals surface area contributed by atoms with Crippen molar-refractivity contribution in [2.75, 3.05) is 0 Å². The Morgan fingerprint density at radius 3 is 2.38 bits per heavy atom. The molecule has 0 amide bonds. The first-order chi connectivity index (χ1) is 7.72. The zero-order valence-corrected chi connectivity index (χ0v) is 9.49. The van der Waals surface area contributed by atoms with Crippen LogP contribution in [0.15, 0.2) is 42.5 Å². The summed E-state index contributed by atoms with van der Waals surface area (Å²) in [6.07, 6.45) is 0. The Labute approximate surface area is 96.0 Å². The van der Waals surface area contributed by atoms with Crippen LogP contribution in [0.2, 0.25) is 0 Å². The van der Waals surface area contributed by atoms with Gasteiger partial charge in [0.2, 0.25) is 0 Å². The smallest absolute Gasteiger partial charge is 0.0998 e. The van der Waals surface area contributed by atoms with E-state index in [0.29, 0.717) is 0 Å². The molecule has 1 heteroatoms. The summed E-state index contributed by atoms with van der Waals surface area (Å²) in [5, 5.41) is 9.05. The second-order valence-electron chi connectivity index (χ2n) is 3.96. The van der Waals surface area contributed by atoms with Crippen LogP contribution in [0.25, 0.3) is 11.1 Å². The SMILES string of the molecule is Cc1ccc(-c2ccccc2C#N)cc1C. The number of benzene rings is 2. The quantitative estimate of drug-likeness (QED) is 0.697. The minimum absolute atomic E-state index is 0.728. The Balaban J connectivity index is 2.60. The Kier molecular flexibility index (Phi) is 2.74. The summed E-state index contributed by atoms with van der Waals surface area (Å²) in [6, 6.07) is 16.2. The maximum atomic E-state index is 9.05. The van der Waals surface area contributed by atoms with E-state index >= 15 is 0 Å². The largest absolute Gasteiger partial charge is 0.192 e. The van der Waals surface area contributed by atoms with E-state index in [1.807, 2.05) is 24.3 Å². The van der Waals surface area contributed by atoms with Crippen LogP contribution in [-0.4, -0.2) is 0 Å². The van der Waals surface area contributed by atoms with Crippen LogP contribution in [-0.2, 0) is 0 Å². The Hall–Kier alpha value is -2.07. The van der Waals surface area contributed by atoms with E-state index in [1.54, 1.807) is 0 Å². The van der Waals surface area contributed by atoms with Gasteiger partial charge < -0.3 is 0 Å². The zero-order valence-electron chi connectivity index (χ0n) is 9.49. The van der Waals surface area contributed by atoms with Gasteiger partial charge in [-0.05, 0) is 42.2 Å². The molecule has 0 aliphatic rings. The lowest BCUT2D eigenvalue weighted by Crippen LogP contribution is -1.86. The molecule has 78 valence electrons. The van der Waals surface area contributed by atoms with Gasteiger partial charge in [0, 0.05) is 0 Å². The molecule has 1 nitrogen and oxygen atoms in total. The molecule has 0 radical (unpaired) electrons. The minimum atomic E-state index is 0.728. The van der Waals surface area contributed by atoms with Crippen molar-refractivity contribution in [2.24, 2.45) is 0 Å². The number of hydrogen-bond donors (Lipinski definition) is 0. The van der Waals surface area contributed by atoms with E-state index in [2.05, 4.69) is 38.1 Å². The number of aryl methyl sites for hydroxylation is 2. The average Bonchev–Trinajstić information content (AvgIpc) is 2.32. The van der Waals surface area contributed by atoms with Gasteiger partial charge in [-0.25, -0.2) is 0 Å². The first kappa shape index (κ1) is 10.4. The highest BCUT2D eigenvalue weighted by Gasteiger charge is 2.04. The fourth-order valence-corrected chi connectivity index (χ4v) is 1.74. The average molecular weight is 207 g/mol. The summed E-state index contributed by atoms with van der Waals surface area (Å²) in [5.41, 5.74) is 5.38. The van der Waals surface area contributed by atoms with E-state index in [9.17, 15) is 0 Å². The molecular formula is C15H13N. The zero-order chi connectivity index (χ0) is 11.5. The third kappa shape index (κ3) is 1.83. The van der Waals surface area contributed by atoms with E-state index in [4.69, 9.17) is 5.26 Å². The molecule has 2 rings (SSSR count). The van der Waals surface area contributed by atoms with Crippen molar-refractivity contribution < 1.29 is 0 Å². The van der Waals surface area contributed by atoms with Gasteiger partial charge in [0.05, 0.1) is 11.6 Å². The molecule has 2 aromatic carbocycles. The van der Waals surface area contributed by atoms with Gasteiger partial charge in [-0.15, -0.1) is 0 Å². The third-order valence-corrected chi connectivity index (χ3v) is 2.87. The summed E-state index contributed by atoms with van der Waals surface area (Å²) >= 11 is 0. The highest BCUT2D eigenvalue weighted by molar-refractivity contribution is 5.71. The molecule has 0 aliphatic carbocycles. The normalized spacial score (nSPS) is 9.81. The molecule has 16 heavy (non-hydrogen) atoms. The molecule has 0 N–H and O–H groups in total. The van der Waals surface area contributed by atoms with Crippen LogP contribution < -0.4 is 0 Å². The molecule has 0 aromatic heterocycles. The van der Waals surface area contributed by atoms with Gasteiger partial charge in [0.25, 0.3) is 0 Å². The van der Waals surface area contributed by atoms with Gasteiger partial charge in [-0.2, -0.15) is 5.26 Å². The number of nitrogens with zero attached hydrogens (tertiary/aromatic N) is 1. The van der Waals surface area contributed by atoms with E-state index in [1.165, 1.54) is 11.1 Å². The summed E-state index contributed by atoms with van der Waals surface area (Å²) < 4.78 is 0. The predicted octanol–water partition coefficient (Wildman–Crippen LogP) is 3.84. The molecule has 0 heterocycles. The van der Waals surface area contributed by atoms with E-state index < -0.39 is 0 Å². The monoisotopic (exact) mass is 207 g/mol. The van der Waals surface area contributed by atoms with Crippen LogP contribution in [0, 0.1) is 25.2 Å². The molecule has 0 unspecified atom stereocenters. The van der Waals surface area contributed by atoms with Crippen LogP contribution in [0.3, 0.4) is 0 Å². The van der Waals surface area contributed by atoms with Crippen LogP contribution in [0.5, 0.6) is 0 Å². The summed E-state index contributed by atoms with van der Waals surface area (Å²) in [7, 11) is 0. The van der Waals surface area contributed by atoms with Crippen molar-refractivity contribution in [3.63, 3.8) is 0 Å². The lowest BCUT2D eigenvalue weighted by atomic mass is 9.97.